The zero-order valence-corrected chi connectivity index (χ0v) is 23.7. The van der Waals surface area contributed by atoms with Gasteiger partial charge in [-0.25, -0.2) is 9.59 Å². The van der Waals surface area contributed by atoms with Gasteiger partial charge < -0.3 is 9.47 Å². The average Bonchev–Trinajstić information content (AvgIpc) is 2.59. The van der Waals surface area contributed by atoms with E-state index >= 15 is 0 Å². The molecule has 4 nitrogen and oxygen atoms in total. The Hall–Kier alpha value is -0.886. The van der Waals surface area contributed by atoms with Crippen LogP contribution in [0.15, 0.2) is 12.2 Å². The van der Waals surface area contributed by atoms with Crippen molar-refractivity contribution in [3.05, 3.63) is 12.2 Å². The highest BCUT2D eigenvalue weighted by atomic mass is 28.3. The van der Waals surface area contributed by atoms with Gasteiger partial charge in [-0.1, -0.05) is 83.1 Å². The number of hydrogen-bond donors (Lipinski definition) is 0. The molecule has 0 N–H and O–H groups in total. The van der Waals surface area contributed by atoms with Crippen molar-refractivity contribution in [1.29, 1.82) is 0 Å². The topological polar surface area (TPSA) is 52.6 Å². The first-order valence-electron chi connectivity index (χ1n) is 11.7. The van der Waals surface area contributed by atoms with E-state index in [4.69, 9.17) is 9.47 Å². The van der Waals surface area contributed by atoms with E-state index in [1.165, 1.54) is 12.2 Å². The summed E-state index contributed by atoms with van der Waals surface area (Å²) in [7, 11) is -3.62. The molecule has 0 aliphatic rings. The second-order valence-corrected chi connectivity index (χ2v) is 22.7. The summed E-state index contributed by atoms with van der Waals surface area (Å²) in [5.74, 6) is -0.906. The molecule has 0 unspecified atom stereocenters. The molecule has 30 heavy (non-hydrogen) atoms. The van der Waals surface area contributed by atoms with Gasteiger partial charge in [-0.2, -0.15) is 0 Å². The highest BCUT2D eigenvalue weighted by molar-refractivity contribution is 6.84. The molecule has 0 radical (unpaired) electrons. The van der Waals surface area contributed by atoms with E-state index in [9.17, 15) is 9.59 Å². The molecule has 0 fully saturated rings. The standard InChI is InChI=1S/C24H48O4Si2/c1-17(2)29(18(3)4,19(5)6)15-27-23(25)13-14-24(26)28-16-30(20(7)8,21(9)10)22(11)12/h13-14,17-22H,15-16H2,1-12H3/b14-13+. The molecule has 0 atom stereocenters. The van der Waals surface area contributed by atoms with Crippen LogP contribution in [0.4, 0.5) is 0 Å². The van der Waals surface area contributed by atoms with Crippen LogP contribution in [0.2, 0.25) is 33.2 Å². The van der Waals surface area contributed by atoms with Gasteiger partial charge >= 0.3 is 11.9 Å². The summed E-state index contributed by atoms with van der Waals surface area (Å²) < 4.78 is 11.3. The zero-order valence-electron chi connectivity index (χ0n) is 21.7. The molecule has 0 aromatic heterocycles. The zero-order chi connectivity index (χ0) is 23.9. The van der Waals surface area contributed by atoms with E-state index in [1.807, 2.05) is 0 Å². The number of carbonyl (C=O) groups excluding carboxylic acids is 2. The molecule has 0 aliphatic carbocycles. The van der Waals surface area contributed by atoms with Crippen LogP contribution in [-0.4, -0.2) is 40.5 Å². The number of hydrogen-bond acceptors (Lipinski definition) is 4. The van der Waals surface area contributed by atoms with Crippen molar-refractivity contribution in [2.45, 2.75) is 116 Å². The third-order valence-electron chi connectivity index (χ3n) is 7.73. The van der Waals surface area contributed by atoms with Gasteiger partial charge in [-0.15, -0.1) is 0 Å². The number of esters is 2. The lowest BCUT2D eigenvalue weighted by Crippen LogP contribution is -2.50. The van der Waals surface area contributed by atoms with Crippen molar-refractivity contribution in [2.75, 3.05) is 12.5 Å². The van der Waals surface area contributed by atoms with Crippen LogP contribution in [0.1, 0.15) is 83.1 Å². The van der Waals surface area contributed by atoms with E-state index in [2.05, 4.69) is 83.1 Å². The fourth-order valence-electron chi connectivity index (χ4n) is 5.62. The number of ether oxygens (including phenoxy) is 2. The smallest absolute Gasteiger partial charge is 0.330 e. The molecule has 0 aromatic carbocycles. The summed E-state index contributed by atoms with van der Waals surface area (Å²) in [4.78, 5) is 24.6. The Labute approximate surface area is 188 Å². The summed E-state index contributed by atoms with van der Waals surface area (Å²) in [6.07, 6.45) is 3.43. The molecule has 0 heterocycles. The second-order valence-electron chi connectivity index (χ2n) is 10.7. The Morgan fingerprint density at radius 1 is 0.533 bits per heavy atom. The third kappa shape index (κ3) is 6.81. The molecule has 0 amide bonds. The fraction of sp³-hybridized carbons (Fsp3) is 0.833. The van der Waals surface area contributed by atoms with Gasteiger partial charge in [0.2, 0.25) is 0 Å². The molecule has 176 valence electrons. The maximum absolute atomic E-state index is 12.3. The van der Waals surface area contributed by atoms with Crippen LogP contribution in [0.3, 0.4) is 0 Å². The molecule has 0 aliphatic heterocycles. The predicted octanol–water partition coefficient (Wildman–Crippen LogP) is 7.07. The van der Waals surface area contributed by atoms with E-state index in [1.54, 1.807) is 0 Å². The maximum atomic E-state index is 12.3. The summed E-state index contributed by atoms with van der Waals surface area (Å²) in [5.41, 5.74) is 3.09. The molecular formula is C24H48O4Si2. The van der Waals surface area contributed by atoms with Gasteiger partial charge in [-0.3, -0.25) is 0 Å². The van der Waals surface area contributed by atoms with E-state index in [0.717, 1.165) is 0 Å². The van der Waals surface area contributed by atoms with Gasteiger partial charge in [0.1, 0.15) is 16.1 Å². The van der Waals surface area contributed by atoms with E-state index in [0.29, 0.717) is 45.7 Å². The Kier molecular flexibility index (Phi) is 11.9. The lowest BCUT2D eigenvalue weighted by atomic mass is 10.5. The lowest BCUT2D eigenvalue weighted by molar-refractivity contribution is -0.138. The maximum Gasteiger partial charge on any atom is 0.330 e. The first-order valence-corrected chi connectivity index (χ1v) is 16.6. The highest BCUT2D eigenvalue weighted by Gasteiger charge is 2.45. The van der Waals surface area contributed by atoms with Crippen molar-refractivity contribution >= 4 is 28.1 Å². The Morgan fingerprint density at radius 3 is 0.900 bits per heavy atom. The Bertz CT molecular complexity index is 484. The summed E-state index contributed by atoms with van der Waals surface area (Å²) in [5, 5.41) is 0. The monoisotopic (exact) mass is 456 g/mol. The molecule has 6 heteroatoms. The number of rotatable bonds is 12. The third-order valence-corrected chi connectivity index (χ3v) is 21.9. The summed E-state index contributed by atoms with van der Waals surface area (Å²) in [6, 6.07) is 0. The van der Waals surface area contributed by atoms with Crippen molar-refractivity contribution in [1.82, 2.24) is 0 Å². The minimum absolute atomic E-state index is 0.453. The average molecular weight is 457 g/mol. The molecule has 0 rings (SSSR count). The van der Waals surface area contributed by atoms with Crippen LogP contribution in [0, 0.1) is 0 Å². The quantitative estimate of drug-likeness (QED) is 0.179. The normalized spacial score (nSPS) is 13.5. The van der Waals surface area contributed by atoms with Gasteiger partial charge in [0, 0.05) is 12.2 Å². The second kappa shape index (κ2) is 12.2. The van der Waals surface area contributed by atoms with E-state index < -0.39 is 28.1 Å². The summed E-state index contributed by atoms with van der Waals surface area (Å²) >= 11 is 0. The van der Waals surface area contributed by atoms with Crippen LogP contribution in [0.25, 0.3) is 0 Å². The summed E-state index contributed by atoms with van der Waals surface area (Å²) in [6.45, 7) is 26.9. The minimum Gasteiger partial charge on any atom is -0.466 e. The van der Waals surface area contributed by atoms with Crippen LogP contribution in [0.5, 0.6) is 0 Å². The molecule has 0 saturated carbocycles. The lowest BCUT2D eigenvalue weighted by Gasteiger charge is -2.42. The van der Waals surface area contributed by atoms with Crippen molar-refractivity contribution < 1.29 is 19.1 Å². The van der Waals surface area contributed by atoms with Crippen LogP contribution in [-0.2, 0) is 19.1 Å². The largest absolute Gasteiger partial charge is 0.466 e. The Balaban J connectivity index is 5.06. The van der Waals surface area contributed by atoms with Crippen molar-refractivity contribution in [3.8, 4) is 0 Å². The Morgan fingerprint density at radius 2 is 0.733 bits per heavy atom. The fourth-order valence-corrected chi connectivity index (χ4v) is 16.4. The number of carbonyl (C=O) groups is 2. The molecular weight excluding hydrogens is 408 g/mol. The molecule has 0 saturated heterocycles. The molecule has 0 aromatic rings. The van der Waals surface area contributed by atoms with E-state index in [-0.39, 0.29) is 0 Å². The first-order chi connectivity index (χ1) is 13.7. The predicted molar refractivity (Wildman–Crippen MR) is 133 cm³/mol. The van der Waals surface area contributed by atoms with Crippen molar-refractivity contribution in [3.63, 3.8) is 0 Å². The first kappa shape index (κ1) is 29.1. The van der Waals surface area contributed by atoms with Crippen LogP contribution < -0.4 is 0 Å². The minimum atomic E-state index is -1.81. The SMILES string of the molecule is CC(C)[Si](COC(=O)/C=C/C(=O)OC[Si](C(C)C)(C(C)C)C(C)C)(C(C)C)C(C)C. The van der Waals surface area contributed by atoms with Crippen LogP contribution >= 0.6 is 0 Å². The molecule has 0 spiro atoms. The van der Waals surface area contributed by atoms with Gasteiger partial charge in [0.25, 0.3) is 0 Å². The van der Waals surface area contributed by atoms with Gasteiger partial charge in [0.05, 0.1) is 12.5 Å². The molecule has 0 bridgehead atoms. The highest BCUT2D eigenvalue weighted by Crippen LogP contribution is 2.42. The van der Waals surface area contributed by atoms with Gasteiger partial charge in [0.15, 0.2) is 0 Å². The van der Waals surface area contributed by atoms with Gasteiger partial charge in [-0.05, 0) is 33.2 Å². The van der Waals surface area contributed by atoms with Crippen molar-refractivity contribution in [2.24, 2.45) is 0 Å².